The lowest BCUT2D eigenvalue weighted by Gasteiger charge is -2.28. The summed E-state index contributed by atoms with van der Waals surface area (Å²) < 4.78 is 0. The van der Waals surface area contributed by atoms with Gasteiger partial charge in [0, 0.05) is 13.1 Å². The number of nitrogens with two attached hydrogens (primary N) is 3. The zero-order chi connectivity index (χ0) is 25.1. The largest absolute Gasteiger partial charge is 0.481 e. The molecule has 1 heterocycles. The van der Waals surface area contributed by atoms with Crippen LogP contribution in [-0.2, 0) is 24.0 Å². The van der Waals surface area contributed by atoms with E-state index < -0.39 is 66.9 Å². The van der Waals surface area contributed by atoms with Gasteiger partial charge >= 0.3 is 11.9 Å². The number of carbonyl (C=O) groups excluding carboxylic acids is 3. The van der Waals surface area contributed by atoms with Crippen LogP contribution < -0.4 is 27.8 Å². The van der Waals surface area contributed by atoms with E-state index in [4.69, 9.17) is 22.3 Å². The number of hydrogen-bond donors (Lipinski definition) is 8. The van der Waals surface area contributed by atoms with Gasteiger partial charge in [0.05, 0.1) is 19.1 Å². The molecule has 186 valence electrons. The van der Waals surface area contributed by atoms with Crippen LogP contribution in [0.4, 0.5) is 0 Å². The molecule has 0 bridgehead atoms. The Balaban J connectivity index is 2.78. The Kier molecular flexibility index (Phi) is 11.0. The van der Waals surface area contributed by atoms with Gasteiger partial charge in [-0.1, -0.05) is 0 Å². The first kappa shape index (κ1) is 27.6. The van der Waals surface area contributed by atoms with Gasteiger partial charge in [-0.2, -0.15) is 0 Å². The van der Waals surface area contributed by atoms with Crippen molar-refractivity contribution in [3.8, 4) is 0 Å². The molecule has 1 aliphatic rings. The van der Waals surface area contributed by atoms with Gasteiger partial charge in [0.2, 0.25) is 17.7 Å². The van der Waals surface area contributed by atoms with Gasteiger partial charge in [0.1, 0.15) is 18.1 Å². The van der Waals surface area contributed by atoms with Crippen molar-refractivity contribution >= 4 is 35.6 Å². The first-order valence-corrected chi connectivity index (χ1v) is 10.3. The zero-order valence-corrected chi connectivity index (χ0v) is 18.0. The number of guanidine groups is 1. The Morgan fingerprint density at radius 1 is 1.06 bits per heavy atom. The summed E-state index contributed by atoms with van der Waals surface area (Å²) in [4.78, 5) is 64.8. The third kappa shape index (κ3) is 8.89. The van der Waals surface area contributed by atoms with Crippen LogP contribution in [0.15, 0.2) is 4.99 Å². The molecule has 0 saturated carbocycles. The van der Waals surface area contributed by atoms with E-state index in [1.54, 1.807) is 0 Å². The molecule has 11 N–H and O–H groups in total. The molecule has 15 nitrogen and oxygen atoms in total. The Hall–Kier alpha value is -3.46. The highest BCUT2D eigenvalue weighted by Gasteiger charge is 2.39. The normalized spacial score (nSPS) is 18.0. The molecule has 1 saturated heterocycles. The van der Waals surface area contributed by atoms with E-state index in [9.17, 15) is 34.2 Å². The molecule has 33 heavy (non-hydrogen) atoms. The molecule has 4 atom stereocenters. The lowest BCUT2D eigenvalue weighted by atomic mass is 10.1. The minimum atomic E-state index is -1.59. The number of rotatable bonds is 13. The van der Waals surface area contributed by atoms with E-state index in [1.807, 2.05) is 0 Å². The number of nitrogens with one attached hydrogen (secondary N) is 2. The van der Waals surface area contributed by atoms with Crippen molar-refractivity contribution in [1.29, 1.82) is 0 Å². The monoisotopic (exact) mass is 473 g/mol. The first-order valence-electron chi connectivity index (χ1n) is 10.3. The van der Waals surface area contributed by atoms with E-state index in [-0.39, 0.29) is 31.9 Å². The van der Waals surface area contributed by atoms with Crippen molar-refractivity contribution in [2.75, 3.05) is 19.7 Å². The number of amides is 3. The van der Waals surface area contributed by atoms with E-state index in [2.05, 4.69) is 15.6 Å². The summed E-state index contributed by atoms with van der Waals surface area (Å²) in [7, 11) is 0. The Bertz CT molecular complexity index is 771. The summed E-state index contributed by atoms with van der Waals surface area (Å²) in [6.07, 6.45) is 0.341. The maximum atomic E-state index is 12.8. The number of carboxylic acids is 2. The summed E-state index contributed by atoms with van der Waals surface area (Å²) in [5.74, 6) is -5.43. The van der Waals surface area contributed by atoms with Gasteiger partial charge in [-0.25, -0.2) is 4.79 Å². The zero-order valence-electron chi connectivity index (χ0n) is 18.0. The average molecular weight is 473 g/mol. The molecular weight excluding hydrogens is 442 g/mol. The summed E-state index contributed by atoms with van der Waals surface area (Å²) in [5, 5.41) is 32.3. The number of carboxylic acid groups (broad SMARTS) is 2. The maximum Gasteiger partial charge on any atom is 0.326 e. The quantitative estimate of drug-likeness (QED) is 0.0723. The number of hydrogen-bond acceptors (Lipinski definition) is 8. The van der Waals surface area contributed by atoms with Gasteiger partial charge in [-0.05, 0) is 25.7 Å². The van der Waals surface area contributed by atoms with Crippen LogP contribution in [0.3, 0.4) is 0 Å². The van der Waals surface area contributed by atoms with Gasteiger partial charge in [0.25, 0.3) is 0 Å². The second-order valence-corrected chi connectivity index (χ2v) is 7.49. The topological polar surface area (TPSA) is 264 Å². The van der Waals surface area contributed by atoms with Gasteiger partial charge in [0.15, 0.2) is 5.96 Å². The molecule has 0 radical (unpaired) electrons. The number of aliphatic carboxylic acids is 2. The van der Waals surface area contributed by atoms with Crippen LogP contribution in [0.25, 0.3) is 0 Å². The fourth-order valence-electron chi connectivity index (χ4n) is 3.26. The Morgan fingerprint density at radius 2 is 1.70 bits per heavy atom. The van der Waals surface area contributed by atoms with E-state index in [0.29, 0.717) is 12.8 Å². The number of aliphatic hydroxyl groups is 1. The molecule has 0 aliphatic carbocycles. The highest BCUT2D eigenvalue weighted by Crippen LogP contribution is 2.19. The van der Waals surface area contributed by atoms with Crippen LogP contribution in [0, 0.1) is 0 Å². The van der Waals surface area contributed by atoms with Gasteiger partial charge < -0.3 is 48.1 Å². The fourth-order valence-corrected chi connectivity index (χ4v) is 3.26. The van der Waals surface area contributed by atoms with Gasteiger partial charge in [-0.15, -0.1) is 0 Å². The smallest absolute Gasteiger partial charge is 0.326 e. The number of aliphatic imine (C=N–C) groups is 1. The predicted octanol–water partition coefficient (Wildman–Crippen LogP) is -4.12. The van der Waals surface area contributed by atoms with Crippen LogP contribution in [0.5, 0.6) is 0 Å². The molecule has 1 fully saturated rings. The molecule has 0 aromatic heterocycles. The minimum absolute atomic E-state index is 0.0939. The fraction of sp³-hybridized carbons (Fsp3) is 0.667. The molecule has 4 unspecified atom stereocenters. The van der Waals surface area contributed by atoms with Crippen LogP contribution in [0.1, 0.15) is 32.1 Å². The summed E-state index contributed by atoms with van der Waals surface area (Å²) >= 11 is 0. The molecule has 1 aliphatic heterocycles. The molecular formula is C18H31N7O8. The Morgan fingerprint density at radius 3 is 2.24 bits per heavy atom. The third-order valence-corrected chi connectivity index (χ3v) is 4.93. The van der Waals surface area contributed by atoms with Crippen molar-refractivity contribution in [2.24, 2.45) is 22.2 Å². The van der Waals surface area contributed by atoms with Crippen molar-refractivity contribution in [1.82, 2.24) is 15.5 Å². The molecule has 15 heteroatoms. The molecule has 0 aromatic carbocycles. The lowest BCUT2D eigenvalue weighted by Crippen LogP contribution is -2.58. The summed E-state index contributed by atoms with van der Waals surface area (Å²) in [6.45, 7) is -0.523. The van der Waals surface area contributed by atoms with E-state index >= 15 is 0 Å². The number of likely N-dealkylation sites (tertiary alicyclic amines) is 1. The van der Waals surface area contributed by atoms with Crippen molar-refractivity contribution in [2.45, 2.75) is 56.3 Å². The van der Waals surface area contributed by atoms with E-state index in [1.165, 1.54) is 0 Å². The van der Waals surface area contributed by atoms with Crippen LogP contribution in [0.2, 0.25) is 0 Å². The highest BCUT2D eigenvalue weighted by molar-refractivity contribution is 5.95. The highest BCUT2D eigenvalue weighted by atomic mass is 16.4. The lowest BCUT2D eigenvalue weighted by molar-refractivity contribution is -0.150. The molecule has 0 spiro atoms. The average Bonchev–Trinajstić information content (AvgIpc) is 3.23. The number of carbonyl (C=O) groups is 5. The third-order valence-electron chi connectivity index (χ3n) is 4.93. The first-order chi connectivity index (χ1) is 15.5. The SMILES string of the molecule is NC(N)=NCCCC(N)C(=O)NC(CO)C(=O)NC(CC(=O)O)C(=O)N1CCCC1C(=O)O. The second-order valence-electron chi connectivity index (χ2n) is 7.49. The number of aliphatic hydroxyl groups excluding tert-OH is 1. The predicted molar refractivity (Wildman–Crippen MR) is 113 cm³/mol. The number of nitrogens with zero attached hydrogens (tertiary/aromatic N) is 2. The van der Waals surface area contributed by atoms with E-state index in [0.717, 1.165) is 4.90 Å². The maximum absolute atomic E-state index is 12.8. The second kappa shape index (κ2) is 13.2. The van der Waals surface area contributed by atoms with Crippen LogP contribution in [-0.4, -0.2) is 99.7 Å². The van der Waals surface area contributed by atoms with Gasteiger partial charge in [-0.3, -0.25) is 24.2 Å². The molecule has 0 aromatic rings. The molecule has 3 amide bonds. The minimum Gasteiger partial charge on any atom is -0.481 e. The summed E-state index contributed by atoms with van der Waals surface area (Å²) in [5.41, 5.74) is 16.1. The standard InChI is InChI=1S/C18H31N7O8/c19-9(3-1-5-22-18(20)21)14(29)24-11(8-26)15(30)23-10(7-13(27)28)16(31)25-6-2-4-12(25)17(32)33/h9-12,26H,1-8,19H2,(H,23,30)(H,24,29)(H,27,28)(H,32,33)(H4,20,21,22). The molecule has 1 rings (SSSR count). The van der Waals surface area contributed by atoms with Crippen molar-refractivity contribution in [3.63, 3.8) is 0 Å². The Labute approximate surface area is 189 Å². The summed E-state index contributed by atoms with van der Waals surface area (Å²) in [6, 6.07) is -5.28. The van der Waals surface area contributed by atoms with Crippen molar-refractivity contribution in [3.05, 3.63) is 0 Å². The van der Waals surface area contributed by atoms with Crippen LogP contribution >= 0.6 is 0 Å². The van der Waals surface area contributed by atoms with Crippen molar-refractivity contribution < 1.29 is 39.3 Å².